The average molecular weight is 512 g/mol. The first kappa shape index (κ1) is 30.7. The Kier molecular flexibility index (Phi) is 13.9. The molecule has 0 heterocycles. The molecule has 0 unspecified atom stereocenters. The molecule has 0 bridgehead atoms. The summed E-state index contributed by atoms with van der Waals surface area (Å²) in [5, 5.41) is 0. The lowest BCUT2D eigenvalue weighted by molar-refractivity contribution is -0.164. The van der Waals surface area contributed by atoms with E-state index in [-0.39, 0.29) is 31.1 Å². The molecule has 3 atom stereocenters. The molecule has 202 valence electrons. The summed E-state index contributed by atoms with van der Waals surface area (Å²) < 4.78 is 30.7. The molecule has 0 radical (unpaired) electrons. The van der Waals surface area contributed by atoms with Gasteiger partial charge < -0.3 is 34.2 Å². The maximum Gasteiger partial charge on any atom is 0.513 e. The number of carbonyl (C=O) groups excluding carboxylic acids is 4. The second-order valence-electron chi connectivity index (χ2n) is 8.16. The average Bonchev–Trinajstić information content (AvgIpc) is 2.80. The Balaban J connectivity index is 2.92. The molecule has 0 aliphatic rings. The van der Waals surface area contributed by atoms with Crippen LogP contribution in [0.25, 0.3) is 0 Å². The minimum atomic E-state index is -1.06. The Hall–Kier alpha value is -3.34. The predicted molar refractivity (Wildman–Crippen MR) is 129 cm³/mol. The van der Waals surface area contributed by atoms with Crippen molar-refractivity contribution in [2.45, 2.75) is 85.0 Å². The summed E-state index contributed by atoms with van der Waals surface area (Å²) in [5.41, 5.74) is 6.50. The number of hydrogen-bond acceptors (Lipinski definition) is 11. The molecule has 0 aliphatic heterocycles. The lowest BCUT2D eigenvalue weighted by atomic mass is 10.1. The highest BCUT2D eigenvalue weighted by molar-refractivity contribution is 5.76. The topological polar surface area (TPSA) is 150 Å². The van der Waals surface area contributed by atoms with Crippen molar-refractivity contribution in [1.82, 2.24) is 0 Å². The molecule has 1 aromatic rings. The molecule has 0 saturated heterocycles. The summed E-state index contributed by atoms with van der Waals surface area (Å²) >= 11 is 0. The van der Waals surface area contributed by atoms with Gasteiger partial charge in [0, 0.05) is 6.92 Å². The number of rotatable bonds is 14. The molecule has 0 amide bonds. The Morgan fingerprint density at radius 1 is 0.833 bits per heavy atom. The highest BCUT2D eigenvalue weighted by Crippen LogP contribution is 2.30. The van der Waals surface area contributed by atoms with Crippen molar-refractivity contribution in [3.8, 4) is 11.5 Å². The van der Waals surface area contributed by atoms with E-state index in [1.165, 1.54) is 19.1 Å². The fourth-order valence-electron chi connectivity index (χ4n) is 2.74. The quantitative estimate of drug-likeness (QED) is 0.167. The minimum absolute atomic E-state index is 0.0238. The van der Waals surface area contributed by atoms with Crippen LogP contribution in [0.5, 0.6) is 11.5 Å². The molecule has 0 fully saturated rings. The van der Waals surface area contributed by atoms with Crippen LogP contribution in [0.15, 0.2) is 18.2 Å². The highest BCUT2D eigenvalue weighted by atomic mass is 16.7. The van der Waals surface area contributed by atoms with E-state index in [9.17, 15) is 19.2 Å². The van der Waals surface area contributed by atoms with E-state index in [0.717, 1.165) is 12.8 Å². The monoisotopic (exact) mass is 511 g/mol. The van der Waals surface area contributed by atoms with E-state index in [1.807, 2.05) is 13.8 Å². The zero-order valence-electron chi connectivity index (χ0n) is 21.6. The van der Waals surface area contributed by atoms with Crippen LogP contribution in [0.1, 0.15) is 65.9 Å². The van der Waals surface area contributed by atoms with Crippen molar-refractivity contribution in [2.24, 2.45) is 5.73 Å². The third-order valence-electron chi connectivity index (χ3n) is 4.90. The SMILES string of the molecule is CCCCOC(=O)Oc1ccc(C[C@H](N)C(=O)O[C@@H](C)[C@H](C)OC(C)=O)cc1OC(=O)OCCCC. The maximum atomic E-state index is 12.4. The van der Waals surface area contributed by atoms with Crippen molar-refractivity contribution < 1.29 is 47.6 Å². The number of carbonyl (C=O) groups is 4. The fraction of sp³-hybridized carbons (Fsp3) is 0.600. The molecule has 1 aromatic carbocycles. The van der Waals surface area contributed by atoms with E-state index in [2.05, 4.69) is 0 Å². The number of benzene rings is 1. The third-order valence-corrected chi connectivity index (χ3v) is 4.90. The molecule has 36 heavy (non-hydrogen) atoms. The second kappa shape index (κ2) is 16.4. The van der Waals surface area contributed by atoms with Crippen LogP contribution in [0.3, 0.4) is 0 Å². The standard InChI is InChI=1S/C25H37NO10/c1-6-8-12-31-24(29)35-21-11-10-19(15-22(21)36-25(30)32-13-9-7-2)14-20(26)23(28)34-17(4)16(3)33-18(5)27/h10-11,15-17,20H,6-9,12-14,26H2,1-5H3/t16-,17-,20-/m0/s1. The largest absolute Gasteiger partial charge is 0.513 e. The first-order valence-corrected chi connectivity index (χ1v) is 12.0. The van der Waals surface area contributed by atoms with Gasteiger partial charge in [0.15, 0.2) is 11.5 Å². The molecule has 0 aliphatic carbocycles. The number of hydrogen-bond donors (Lipinski definition) is 1. The molecule has 0 spiro atoms. The number of esters is 2. The van der Waals surface area contributed by atoms with Crippen LogP contribution < -0.4 is 15.2 Å². The fourth-order valence-corrected chi connectivity index (χ4v) is 2.74. The molecular weight excluding hydrogens is 474 g/mol. The predicted octanol–water partition coefficient (Wildman–Crippen LogP) is 4.07. The lowest BCUT2D eigenvalue weighted by Crippen LogP contribution is -2.39. The molecule has 0 aromatic heterocycles. The Bertz CT molecular complexity index is 872. The molecule has 11 nitrogen and oxygen atoms in total. The number of ether oxygens (including phenoxy) is 6. The van der Waals surface area contributed by atoms with Crippen molar-refractivity contribution in [2.75, 3.05) is 13.2 Å². The summed E-state index contributed by atoms with van der Waals surface area (Å²) in [6, 6.07) is 3.30. The first-order valence-electron chi connectivity index (χ1n) is 12.0. The zero-order valence-corrected chi connectivity index (χ0v) is 21.6. The van der Waals surface area contributed by atoms with Gasteiger partial charge in [-0.1, -0.05) is 32.8 Å². The first-order chi connectivity index (χ1) is 17.1. The van der Waals surface area contributed by atoms with Crippen LogP contribution in [0.2, 0.25) is 0 Å². The van der Waals surface area contributed by atoms with Gasteiger partial charge in [-0.25, -0.2) is 9.59 Å². The number of nitrogens with two attached hydrogens (primary N) is 1. The molecular formula is C25H37NO10. The third kappa shape index (κ3) is 11.9. The second-order valence-corrected chi connectivity index (χ2v) is 8.16. The molecule has 2 N–H and O–H groups in total. The van der Waals surface area contributed by atoms with Crippen molar-refractivity contribution in [3.05, 3.63) is 23.8 Å². The summed E-state index contributed by atoms with van der Waals surface area (Å²) in [6.45, 7) is 8.69. The van der Waals surface area contributed by atoms with E-state index >= 15 is 0 Å². The van der Waals surface area contributed by atoms with Crippen molar-refractivity contribution in [1.29, 1.82) is 0 Å². The van der Waals surface area contributed by atoms with Crippen LogP contribution in [0, 0.1) is 0 Å². The number of unbranched alkanes of at least 4 members (excludes halogenated alkanes) is 2. The van der Waals surface area contributed by atoms with Gasteiger partial charge in [0.1, 0.15) is 18.2 Å². The van der Waals surface area contributed by atoms with E-state index < -0.39 is 42.5 Å². The van der Waals surface area contributed by atoms with Gasteiger partial charge in [-0.15, -0.1) is 0 Å². The van der Waals surface area contributed by atoms with Crippen molar-refractivity contribution in [3.63, 3.8) is 0 Å². The van der Waals surface area contributed by atoms with Gasteiger partial charge >= 0.3 is 24.2 Å². The molecule has 1 rings (SSSR count). The van der Waals surface area contributed by atoms with E-state index in [0.29, 0.717) is 18.4 Å². The normalized spacial score (nSPS) is 13.1. The Morgan fingerprint density at radius 2 is 1.36 bits per heavy atom. The maximum absolute atomic E-state index is 12.4. The summed E-state index contributed by atoms with van der Waals surface area (Å²) in [4.78, 5) is 47.6. The van der Waals surface area contributed by atoms with Gasteiger partial charge in [-0.3, -0.25) is 9.59 Å². The van der Waals surface area contributed by atoms with Crippen LogP contribution in [0.4, 0.5) is 9.59 Å². The summed E-state index contributed by atoms with van der Waals surface area (Å²) in [5.74, 6) is -1.36. The Labute approximate surface area is 211 Å². The molecule has 0 saturated carbocycles. The molecule has 11 heteroatoms. The lowest BCUT2D eigenvalue weighted by Gasteiger charge is -2.22. The van der Waals surface area contributed by atoms with Crippen LogP contribution >= 0.6 is 0 Å². The minimum Gasteiger partial charge on any atom is -0.459 e. The van der Waals surface area contributed by atoms with Crippen molar-refractivity contribution >= 4 is 24.2 Å². The van der Waals surface area contributed by atoms with Gasteiger partial charge in [-0.2, -0.15) is 0 Å². The van der Waals surface area contributed by atoms with Gasteiger partial charge in [0.05, 0.1) is 13.2 Å². The van der Waals surface area contributed by atoms with Gasteiger partial charge in [-0.05, 0) is 50.8 Å². The highest BCUT2D eigenvalue weighted by Gasteiger charge is 2.24. The summed E-state index contributed by atoms with van der Waals surface area (Å²) in [6.07, 6.45) is -0.253. The zero-order chi connectivity index (χ0) is 27.1. The van der Waals surface area contributed by atoms with Crippen LogP contribution in [-0.2, 0) is 35.0 Å². The van der Waals surface area contributed by atoms with E-state index in [1.54, 1.807) is 19.9 Å². The van der Waals surface area contributed by atoms with Gasteiger partial charge in [0.2, 0.25) is 0 Å². The van der Waals surface area contributed by atoms with Gasteiger partial charge in [0.25, 0.3) is 0 Å². The van der Waals surface area contributed by atoms with Crippen LogP contribution in [-0.4, -0.2) is 55.7 Å². The summed E-state index contributed by atoms with van der Waals surface area (Å²) in [7, 11) is 0. The Morgan fingerprint density at radius 3 is 1.89 bits per heavy atom. The smallest absolute Gasteiger partial charge is 0.459 e. The van der Waals surface area contributed by atoms with E-state index in [4.69, 9.17) is 34.2 Å².